The Morgan fingerprint density at radius 3 is 2.00 bits per heavy atom. The summed E-state index contributed by atoms with van der Waals surface area (Å²) >= 11 is 0. The highest BCUT2D eigenvalue weighted by molar-refractivity contribution is 5.34. The fourth-order valence-electron chi connectivity index (χ4n) is 1.51. The first kappa shape index (κ1) is 14.7. The summed E-state index contributed by atoms with van der Waals surface area (Å²) in [6, 6.07) is 1.03. The summed E-state index contributed by atoms with van der Waals surface area (Å²) in [5, 5.41) is 0. The van der Waals surface area contributed by atoms with Crippen LogP contribution in [0.3, 0.4) is 0 Å². The standard InChI is InChI=1S/C10H8F7N/c11-5-1-2-6(7(3-5)9(12,13)14)8(4-18)10(15,16)17/h1-3,8H,4,18H2. The van der Waals surface area contributed by atoms with Gasteiger partial charge >= 0.3 is 12.4 Å². The lowest BCUT2D eigenvalue weighted by molar-refractivity contribution is -0.154. The fraction of sp³-hybridized carbons (Fsp3) is 0.400. The van der Waals surface area contributed by atoms with Gasteiger partial charge in [-0.05, 0) is 17.7 Å². The maximum atomic E-state index is 12.7. The van der Waals surface area contributed by atoms with Crippen molar-refractivity contribution in [2.45, 2.75) is 18.3 Å². The molecule has 1 nitrogen and oxygen atoms in total. The lowest BCUT2D eigenvalue weighted by atomic mass is 9.93. The Morgan fingerprint density at radius 2 is 1.61 bits per heavy atom. The highest BCUT2D eigenvalue weighted by Gasteiger charge is 2.45. The number of benzene rings is 1. The van der Waals surface area contributed by atoms with E-state index in [1.807, 2.05) is 0 Å². The fourth-order valence-corrected chi connectivity index (χ4v) is 1.51. The van der Waals surface area contributed by atoms with Gasteiger partial charge in [0.25, 0.3) is 0 Å². The molecule has 0 saturated heterocycles. The minimum Gasteiger partial charge on any atom is -0.330 e. The molecule has 1 unspecified atom stereocenters. The van der Waals surface area contributed by atoms with Gasteiger partial charge in [-0.1, -0.05) is 6.07 Å². The van der Waals surface area contributed by atoms with Gasteiger partial charge < -0.3 is 5.73 Å². The Balaban J connectivity index is 3.40. The zero-order valence-corrected chi connectivity index (χ0v) is 8.74. The molecular formula is C10H8F7N. The third-order valence-electron chi connectivity index (χ3n) is 2.33. The average Bonchev–Trinajstić information content (AvgIpc) is 2.17. The number of alkyl halides is 6. The second-order valence-electron chi connectivity index (χ2n) is 3.56. The molecule has 2 N–H and O–H groups in total. The first-order valence-corrected chi connectivity index (χ1v) is 4.70. The number of hydrogen-bond acceptors (Lipinski definition) is 1. The molecule has 1 atom stereocenters. The van der Waals surface area contributed by atoms with Crippen molar-refractivity contribution < 1.29 is 30.7 Å². The maximum Gasteiger partial charge on any atom is 0.416 e. The Morgan fingerprint density at radius 1 is 1.06 bits per heavy atom. The van der Waals surface area contributed by atoms with Crippen LogP contribution < -0.4 is 5.73 Å². The van der Waals surface area contributed by atoms with Crippen LogP contribution in [-0.2, 0) is 6.18 Å². The van der Waals surface area contributed by atoms with Crippen molar-refractivity contribution >= 4 is 0 Å². The number of nitrogens with two attached hydrogens (primary N) is 1. The van der Waals surface area contributed by atoms with Crippen LogP contribution in [0.5, 0.6) is 0 Å². The second kappa shape index (κ2) is 4.75. The van der Waals surface area contributed by atoms with Gasteiger partial charge in [0.1, 0.15) is 5.82 Å². The average molecular weight is 275 g/mol. The number of rotatable bonds is 2. The number of halogens is 7. The van der Waals surface area contributed by atoms with Crippen LogP contribution >= 0.6 is 0 Å². The Bertz CT molecular complexity index is 421. The predicted octanol–water partition coefficient (Wildman–Crippen LogP) is 3.45. The largest absolute Gasteiger partial charge is 0.416 e. The molecule has 0 fully saturated rings. The van der Waals surface area contributed by atoms with Crippen LogP contribution in [0.2, 0.25) is 0 Å². The summed E-state index contributed by atoms with van der Waals surface area (Å²) in [6.45, 7) is -1.04. The molecule has 102 valence electrons. The lowest BCUT2D eigenvalue weighted by Gasteiger charge is -2.22. The van der Waals surface area contributed by atoms with E-state index in [1.165, 1.54) is 0 Å². The van der Waals surface area contributed by atoms with E-state index in [-0.39, 0.29) is 6.07 Å². The van der Waals surface area contributed by atoms with E-state index >= 15 is 0 Å². The summed E-state index contributed by atoms with van der Waals surface area (Å²) in [4.78, 5) is 0. The molecule has 1 aromatic carbocycles. The zero-order chi connectivity index (χ0) is 14.1. The summed E-state index contributed by atoms with van der Waals surface area (Å²) in [5.74, 6) is -3.74. The smallest absolute Gasteiger partial charge is 0.330 e. The molecule has 8 heteroatoms. The molecule has 0 heterocycles. The Labute approximate surface area is 97.4 Å². The zero-order valence-electron chi connectivity index (χ0n) is 8.74. The summed E-state index contributed by atoms with van der Waals surface area (Å²) < 4.78 is 87.9. The van der Waals surface area contributed by atoms with E-state index in [1.54, 1.807) is 0 Å². The highest BCUT2D eigenvalue weighted by atomic mass is 19.4. The summed E-state index contributed by atoms with van der Waals surface area (Å²) in [5.41, 5.74) is 2.13. The molecule has 0 bridgehead atoms. The topological polar surface area (TPSA) is 26.0 Å². The molecule has 1 aromatic rings. The molecular weight excluding hydrogens is 267 g/mol. The van der Waals surface area contributed by atoms with E-state index in [9.17, 15) is 30.7 Å². The van der Waals surface area contributed by atoms with Crippen LogP contribution in [0.4, 0.5) is 30.7 Å². The van der Waals surface area contributed by atoms with Crippen LogP contribution in [-0.4, -0.2) is 12.7 Å². The monoisotopic (exact) mass is 275 g/mol. The van der Waals surface area contributed by atoms with Crippen LogP contribution in [0, 0.1) is 5.82 Å². The van der Waals surface area contributed by atoms with E-state index in [4.69, 9.17) is 5.73 Å². The van der Waals surface area contributed by atoms with Gasteiger partial charge in [-0.2, -0.15) is 26.3 Å². The first-order chi connectivity index (χ1) is 8.07. The second-order valence-corrected chi connectivity index (χ2v) is 3.56. The molecule has 0 saturated carbocycles. The van der Waals surface area contributed by atoms with Crippen molar-refractivity contribution in [3.63, 3.8) is 0 Å². The van der Waals surface area contributed by atoms with E-state index in [2.05, 4.69) is 0 Å². The molecule has 0 aromatic heterocycles. The SMILES string of the molecule is NCC(c1ccc(F)cc1C(F)(F)F)C(F)(F)F. The van der Waals surface area contributed by atoms with Crippen LogP contribution in [0.15, 0.2) is 18.2 Å². The summed E-state index contributed by atoms with van der Waals surface area (Å²) in [7, 11) is 0. The minimum absolute atomic E-state index is 0.0315. The van der Waals surface area contributed by atoms with E-state index in [0.29, 0.717) is 12.1 Å². The van der Waals surface area contributed by atoms with Gasteiger partial charge in [-0.25, -0.2) is 4.39 Å². The van der Waals surface area contributed by atoms with E-state index in [0.717, 1.165) is 0 Å². The Kier molecular flexibility index (Phi) is 3.89. The molecule has 0 aliphatic carbocycles. The van der Waals surface area contributed by atoms with Gasteiger partial charge in [0.15, 0.2) is 0 Å². The number of hydrogen-bond donors (Lipinski definition) is 1. The quantitative estimate of drug-likeness (QED) is 0.822. The van der Waals surface area contributed by atoms with Gasteiger partial charge in [0.05, 0.1) is 11.5 Å². The van der Waals surface area contributed by atoms with Crippen LogP contribution in [0.1, 0.15) is 17.0 Å². The normalized spacial score (nSPS) is 14.7. The van der Waals surface area contributed by atoms with Crippen molar-refractivity contribution in [1.82, 2.24) is 0 Å². The minimum atomic E-state index is -5.07. The third-order valence-corrected chi connectivity index (χ3v) is 2.33. The molecule has 0 amide bonds. The van der Waals surface area contributed by atoms with Crippen LogP contribution in [0.25, 0.3) is 0 Å². The van der Waals surface area contributed by atoms with Gasteiger partial charge in [0, 0.05) is 6.54 Å². The van der Waals surface area contributed by atoms with Crippen molar-refractivity contribution in [3.8, 4) is 0 Å². The molecule has 0 radical (unpaired) electrons. The van der Waals surface area contributed by atoms with Crippen molar-refractivity contribution in [2.24, 2.45) is 5.73 Å². The molecule has 0 aliphatic heterocycles. The molecule has 0 spiro atoms. The third kappa shape index (κ3) is 3.12. The predicted molar refractivity (Wildman–Crippen MR) is 49.3 cm³/mol. The van der Waals surface area contributed by atoms with Crippen molar-refractivity contribution in [2.75, 3.05) is 6.54 Å². The van der Waals surface area contributed by atoms with Gasteiger partial charge in [0.2, 0.25) is 0 Å². The van der Waals surface area contributed by atoms with E-state index < -0.39 is 41.8 Å². The highest BCUT2D eigenvalue weighted by Crippen LogP contribution is 2.41. The molecule has 1 rings (SSSR count). The summed E-state index contributed by atoms with van der Waals surface area (Å²) in [6.07, 6.45) is -10.00. The lowest BCUT2D eigenvalue weighted by Crippen LogP contribution is -2.30. The van der Waals surface area contributed by atoms with Crippen molar-refractivity contribution in [1.29, 1.82) is 0 Å². The molecule has 0 aliphatic rings. The Hall–Kier alpha value is -1.31. The first-order valence-electron chi connectivity index (χ1n) is 4.70. The maximum absolute atomic E-state index is 12.7. The van der Waals surface area contributed by atoms with Gasteiger partial charge in [-0.3, -0.25) is 0 Å². The molecule has 18 heavy (non-hydrogen) atoms. The van der Waals surface area contributed by atoms with Gasteiger partial charge in [-0.15, -0.1) is 0 Å². The van der Waals surface area contributed by atoms with Crippen molar-refractivity contribution in [3.05, 3.63) is 35.1 Å².